The number of carbonyl (C=O) groups is 4. The molecule has 1 aromatic heterocycles. The number of hydrogen-bond donors (Lipinski definition) is 3. The van der Waals surface area contributed by atoms with Gasteiger partial charge in [0.2, 0.25) is 5.78 Å². The van der Waals surface area contributed by atoms with Gasteiger partial charge in [0.05, 0.1) is 45.2 Å². The van der Waals surface area contributed by atoms with Gasteiger partial charge in [-0.3, -0.25) is 14.4 Å². The molecule has 4 bridgehead atoms. The second-order valence-electron chi connectivity index (χ2n) is 12.2. The monoisotopic (exact) mass is 593 g/mol. The van der Waals surface area contributed by atoms with E-state index in [9.17, 15) is 19.2 Å². The third-order valence-corrected chi connectivity index (χ3v) is 9.05. The van der Waals surface area contributed by atoms with Crippen LogP contribution in [0.1, 0.15) is 81.1 Å². The van der Waals surface area contributed by atoms with Crippen molar-refractivity contribution in [3.05, 3.63) is 58.5 Å². The van der Waals surface area contributed by atoms with Crippen LogP contribution in [0.5, 0.6) is 0 Å². The molecule has 230 valence electrons. The fourth-order valence-electron chi connectivity index (χ4n) is 7.64. The standard InChI is InChI=1S/C32H39N3O8/c36-27-23-3-1-2-4-24(23)28(37)29-25(27)16-26(43-29)30(38)33-5-7-40-9-11-42-12-10-41-8-6-34-31(39)35-32-17-20-13-21(18-32)15-22(14-20)19-32/h1-4,16,20-22H,5-15,17-19H2,(H,33,38)(H2,34,35,39). The highest BCUT2D eigenvalue weighted by Crippen LogP contribution is 2.55. The Morgan fingerprint density at radius 1 is 0.744 bits per heavy atom. The number of nitrogens with one attached hydrogen (secondary N) is 3. The Morgan fingerprint density at radius 2 is 1.28 bits per heavy atom. The van der Waals surface area contributed by atoms with Crippen LogP contribution in [0.2, 0.25) is 0 Å². The van der Waals surface area contributed by atoms with Crippen molar-refractivity contribution < 1.29 is 37.8 Å². The van der Waals surface area contributed by atoms with Crippen LogP contribution in [0.25, 0.3) is 0 Å². The summed E-state index contributed by atoms with van der Waals surface area (Å²) in [5, 5.41) is 8.88. The summed E-state index contributed by atoms with van der Waals surface area (Å²) in [5.41, 5.74) is 0.683. The van der Waals surface area contributed by atoms with Crippen LogP contribution < -0.4 is 16.0 Å². The number of benzene rings is 1. The normalized spacial score (nSPS) is 24.9. The number of ether oxygens (including phenoxy) is 3. The number of amides is 3. The molecule has 3 N–H and O–H groups in total. The van der Waals surface area contributed by atoms with Gasteiger partial charge in [0.1, 0.15) is 0 Å². The number of rotatable bonds is 14. The predicted octanol–water partition coefficient (Wildman–Crippen LogP) is 3.10. The van der Waals surface area contributed by atoms with Gasteiger partial charge >= 0.3 is 6.03 Å². The Bertz CT molecular complexity index is 1280. The molecule has 4 saturated carbocycles. The molecule has 7 rings (SSSR count). The number of carbonyl (C=O) groups excluding carboxylic acids is 4. The van der Waals surface area contributed by atoms with Crippen LogP contribution in [0.4, 0.5) is 4.79 Å². The van der Waals surface area contributed by atoms with Crippen LogP contribution in [0, 0.1) is 17.8 Å². The van der Waals surface area contributed by atoms with Crippen molar-refractivity contribution in [3.63, 3.8) is 0 Å². The minimum atomic E-state index is -0.532. The first-order valence-electron chi connectivity index (χ1n) is 15.3. The first kappa shape index (κ1) is 29.5. The van der Waals surface area contributed by atoms with Crippen molar-refractivity contribution in [1.82, 2.24) is 16.0 Å². The lowest BCUT2D eigenvalue weighted by Gasteiger charge is -2.56. The summed E-state index contributed by atoms with van der Waals surface area (Å²) in [6.45, 7) is 2.89. The molecule has 0 saturated heterocycles. The Hall–Kier alpha value is -3.54. The van der Waals surface area contributed by atoms with Crippen molar-refractivity contribution in [3.8, 4) is 0 Å². The smallest absolute Gasteiger partial charge is 0.315 e. The van der Waals surface area contributed by atoms with E-state index in [1.807, 2.05) is 0 Å². The largest absolute Gasteiger partial charge is 0.447 e. The Balaban J connectivity index is 0.773. The Morgan fingerprint density at radius 3 is 1.88 bits per heavy atom. The van der Waals surface area contributed by atoms with Gasteiger partial charge < -0.3 is 34.6 Å². The predicted molar refractivity (Wildman–Crippen MR) is 154 cm³/mol. The minimum Gasteiger partial charge on any atom is -0.447 e. The summed E-state index contributed by atoms with van der Waals surface area (Å²) >= 11 is 0. The lowest BCUT2D eigenvalue weighted by atomic mass is 9.53. The second kappa shape index (κ2) is 13.0. The number of fused-ring (bicyclic) bond motifs is 2. The zero-order chi connectivity index (χ0) is 29.8. The molecular formula is C32H39N3O8. The maximum atomic E-state index is 12.7. The fourth-order valence-corrected chi connectivity index (χ4v) is 7.64. The van der Waals surface area contributed by atoms with E-state index in [4.69, 9.17) is 18.6 Å². The molecule has 4 fully saturated rings. The molecular weight excluding hydrogens is 554 g/mol. The quantitative estimate of drug-likeness (QED) is 0.242. The lowest BCUT2D eigenvalue weighted by Crippen LogP contribution is -2.61. The van der Waals surface area contributed by atoms with Crippen molar-refractivity contribution >= 4 is 23.5 Å². The lowest BCUT2D eigenvalue weighted by molar-refractivity contribution is -0.0137. The van der Waals surface area contributed by atoms with E-state index in [1.165, 1.54) is 25.3 Å². The first-order chi connectivity index (χ1) is 20.9. The molecule has 11 nitrogen and oxygen atoms in total. The SMILES string of the molecule is O=C(NCCOCCOCCOCCNC(=O)c1cc2c(o1)C(=O)c1ccccc1C2=O)NC12CC3CC(CC(C3)C1)C2. The maximum Gasteiger partial charge on any atom is 0.315 e. The molecule has 0 aliphatic heterocycles. The van der Waals surface area contributed by atoms with Gasteiger partial charge in [-0.15, -0.1) is 0 Å². The van der Waals surface area contributed by atoms with Gasteiger partial charge in [0.15, 0.2) is 17.3 Å². The van der Waals surface area contributed by atoms with E-state index in [-0.39, 0.29) is 53.2 Å². The molecule has 0 unspecified atom stereocenters. The van der Waals surface area contributed by atoms with Gasteiger partial charge in [-0.1, -0.05) is 24.3 Å². The number of hydrogen-bond acceptors (Lipinski definition) is 8. The molecule has 5 aliphatic carbocycles. The molecule has 0 radical (unpaired) electrons. The summed E-state index contributed by atoms with van der Waals surface area (Å²) in [6, 6.07) is 7.74. The zero-order valence-electron chi connectivity index (χ0n) is 24.3. The number of urea groups is 1. The van der Waals surface area contributed by atoms with E-state index < -0.39 is 11.7 Å². The van der Waals surface area contributed by atoms with Crippen molar-refractivity contribution in [2.45, 2.75) is 44.1 Å². The molecule has 0 spiro atoms. The van der Waals surface area contributed by atoms with Crippen LogP contribution in [0.15, 0.2) is 34.7 Å². The van der Waals surface area contributed by atoms with Gasteiger partial charge in [0.25, 0.3) is 5.91 Å². The minimum absolute atomic E-state index is 0.0111. The highest BCUT2D eigenvalue weighted by atomic mass is 16.5. The number of furan rings is 1. The van der Waals surface area contributed by atoms with E-state index in [0.717, 1.165) is 37.0 Å². The molecule has 5 aliphatic rings. The van der Waals surface area contributed by atoms with Gasteiger partial charge in [-0.05, 0) is 56.3 Å². The summed E-state index contributed by atoms with van der Waals surface area (Å²) in [4.78, 5) is 50.3. The second-order valence-corrected chi connectivity index (χ2v) is 12.2. The van der Waals surface area contributed by atoms with Crippen LogP contribution in [0.3, 0.4) is 0 Å². The fraction of sp³-hybridized carbons (Fsp3) is 0.562. The van der Waals surface area contributed by atoms with Crippen molar-refractivity contribution in [1.29, 1.82) is 0 Å². The van der Waals surface area contributed by atoms with E-state index in [0.29, 0.717) is 45.1 Å². The van der Waals surface area contributed by atoms with Crippen LogP contribution in [-0.4, -0.2) is 81.8 Å². The van der Waals surface area contributed by atoms with Crippen molar-refractivity contribution in [2.75, 3.05) is 52.7 Å². The van der Waals surface area contributed by atoms with E-state index in [2.05, 4.69) is 16.0 Å². The average molecular weight is 594 g/mol. The van der Waals surface area contributed by atoms with Gasteiger partial charge in [0, 0.05) is 35.8 Å². The Kier molecular flexibility index (Phi) is 8.92. The molecule has 43 heavy (non-hydrogen) atoms. The third-order valence-electron chi connectivity index (χ3n) is 9.05. The first-order valence-corrected chi connectivity index (χ1v) is 15.3. The van der Waals surface area contributed by atoms with Crippen LogP contribution in [-0.2, 0) is 14.2 Å². The molecule has 3 amide bonds. The van der Waals surface area contributed by atoms with Gasteiger partial charge in [-0.2, -0.15) is 0 Å². The van der Waals surface area contributed by atoms with Crippen LogP contribution >= 0.6 is 0 Å². The summed E-state index contributed by atoms with van der Waals surface area (Å²) in [5.74, 6) is 0.889. The van der Waals surface area contributed by atoms with Gasteiger partial charge in [-0.25, -0.2) is 4.79 Å². The average Bonchev–Trinajstić information content (AvgIpc) is 3.44. The third kappa shape index (κ3) is 6.68. The maximum absolute atomic E-state index is 12.7. The topological polar surface area (TPSA) is 145 Å². The molecule has 2 aromatic rings. The molecule has 0 atom stereocenters. The molecule has 11 heteroatoms. The highest BCUT2D eigenvalue weighted by molar-refractivity contribution is 6.27. The van der Waals surface area contributed by atoms with Crippen molar-refractivity contribution in [2.24, 2.45) is 17.8 Å². The van der Waals surface area contributed by atoms with E-state index >= 15 is 0 Å². The molecule has 1 heterocycles. The molecule has 1 aromatic carbocycles. The summed E-state index contributed by atoms with van der Waals surface area (Å²) < 4.78 is 22.0. The van der Waals surface area contributed by atoms with E-state index in [1.54, 1.807) is 24.3 Å². The number of ketones is 2. The summed E-state index contributed by atoms with van der Waals surface area (Å²) in [7, 11) is 0. The zero-order valence-corrected chi connectivity index (χ0v) is 24.3. The summed E-state index contributed by atoms with van der Waals surface area (Å²) in [6.07, 6.45) is 7.45. The highest BCUT2D eigenvalue weighted by Gasteiger charge is 2.51. The Labute approximate surface area is 250 Å².